The first-order chi connectivity index (χ1) is 10.9. The number of halogens is 1. The molecule has 0 aliphatic rings. The third-order valence-electron chi connectivity index (χ3n) is 5.35. The molecule has 0 rings (SSSR count). The van der Waals surface area contributed by atoms with Crippen molar-refractivity contribution in [3.8, 4) is 0 Å². The minimum absolute atomic E-state index is 0.00882. The average molecular weight is 359 g/mol. The number of hydrogen-bond donors (Lipinski definition) is 1. The van der Waals surface area contributed by atoms with Crippen molar-refractivity contribution in [1.29, 1.82) is 0 Å². The highest BCUT2D eigenvalue weighted by Gasteiger charge is 2.42. The molecule has 142 valence electrons. The molecule has 4 atom stereocenters. The fourth-order valence-electron chi connectivity index (χ4n) is 3.15. The van der Waals surface area contributed by atoms with E-state index in [1.165, 1.54) is 0 Å². The number of alkyl halides is 1. The van der Waals surface area contributed by atoms with E-state index in [0.717, 1.165) is 19.3 Å². The molecule has 0 aliphatic carbocycles. The predicted molar refractivity (Wildman–Crippen MR) is 105 cm³/mol. The average Bonchev–Trinajstić information content (AvgIpc) is 2.47. The molecule has 0 aromatic heterocycles. The first-order valence-corrected chi connectivity index (χ1v) is 9.82. The first kappa shape index (κ1) is 23.7. The van der Waals surface area contributed by atoms with Gasteiger partial charge < -0.3 is 5.11 Å². The molecule has 0 spiro atoms. The van der Waals surface area contributed by atoms with E-state index in [-0.39, 0.29) is 29.0 Å². The lowest BCUT2D eigenvalue weighted by molar-refractivity contribution is -0.140. The summed E-state index contributed by atoms with van der Waals surface area (Å²) in [5.74, 6) is 1.22. The number of ketones is 1. The van der Waals surface area contributed by atoms with Crippen molar-refractivity contribution in [2.45, 2.75) is 80.3 Å². The lowest BCUT2D eigenvalue weighted by Gasteiger charge is -2.38. The van der Waals surface area contributed by atoms with Gasteiger partial charge >= 0.3 is 0 Å². The van der Waals surface area contributed by atoms with Crippen LogP contribution in [0.25, 0.3) is 0 Å². The molecule has 0 saturated heterocycles. The van der Waals surface area contributed by atoms with Gasteiger partial charge in [0, 0.05) is 17.2 Å². The summed E-state index contributed by atoms with van der Waals surface area (Å²) in [7, 11) is 0. The fraction of sp³-hybridized carbons (Fsp3) is 0.857. The van der Waals surface area contributed by atoms with Gasteiger partial charge in [-0.15, -0.1) is 18.2 Å². The molecule has 0 heterocycles. The van der Waals surface area contributed by atoms with Gasteiger partial charge in [0.05, 0.1) is 6.10 Å². The summed E-state index contributed by atoms with van der Waals surface area (Å²) in [6, 6.07) is 0. The van der Waals surface area contributed by atoms with Gasteiger partial charge in [-0.05, 0) is 36.5 Å². The van der Waals surface area contributed by atoms with Crippen molar-refractivity contribution in [1.82, 2.24) is 0 Å². The van der Waals surface area contributed by atoms with E-state index in [1.54, 1.807) is 0 Å². The minimum atomic E-state index is -0.742. The van der Waals surface area contributed by atoms with Crippen LogP contribution in [0.3, 0.4) is 0 Å². The number of hydrogen-bond acceptors (Lipinski definition) is 2. The Labute approximate surface area is 155 Å². The van der Waals surface area contributed by atoms with Crippen molar-refractivity contribution in [3.05, 3.63) is 12.7 Å². The van der Waals surface area contributed by atoms with Crippen molar-refractivity contribution in [2.24, 2.45) is 28.6 Å². The normalized spacial score (nSPS) is 17.9. The second kappa shape index (κ2) is 9.97. The number of Topliss-reactive ketones (excluding diaryl/α,β-unsaturated/α-hetero) is 1. The van der Waals surface area contributed by atoms with Crippen LogP contribution in [0.2, 0.25) is 0 Å². The number of carbonyl (C=O) groups is 1. The number of rotatable bonds is 11. The third-order valence-corrected chi connectivity index (χ3v) is 5.61. The van der Waals surface area contributed by atoms with Gasteiger partial charge in [-0.3, -0.25) is 4.79 Å². The maximum atomic E-state index is 13.3. The van der Waals surface area contributed by atoms with E-state index < -0.39 is 11.5 Å². The molecule has 0 aromatic carbocycles. The third kappa shape index (κ3) is 7.27. The summed E-state index contributed by atoms with van der Waals surface area (Å²) >= 11 is 5.81. The molecule has 0 fully saturated rings. The van der Waals surface area contributed by atoms with Crippen molar-refractivity contribution < 1.29 is 9.90 Å². The highest BCUT2D eigenvalue weighted by molar-refractivity contribution is 6.17. The Balaban J connectivity index is 5.34. The lowest BCUT2D eigenvalue weighted by Crippen LogP contribution is -2.44. The molecule has 2 nitrogen and oxygen atoms in total. The summed E-state index contributed by atoms with van der Waals surface area (Å²) in [5, 5.41) is 10.7. The van der Waals surface area contributed by atoms with Crippen LogP contribution in [0.15, 0.2) is 12.7 Å². The SMILES string of the molecule is C=C[C@H](C)[C@H](C)[C@@H](CCCCCl)C(=O)C(C)(C)[C@@H](O)CC(C)(C)C. The molecular weight excluding hydrogens is 320 g/mol. The molecule has 0 amide bonds. The molecule has 0 saturated carbocycles. The van der Waals surface area contributed by atoms with E-state index in [9.17, 15) is 9.90 Å². The van der Waals surface area contributed by atoms with Crippen LogP contribution in [-0.4, -0.2) is 22.9 Å². The predicted octanol–water partition coefficient (Wildman–Crippen LogP) is 5.86. The summed E-state index contributed by atoms with van der Waals surface area (Å²) in [4.78, 5) is 13.3. The van der Waals surface area contributed by atoms with Crippen LogP contribution in [0, 0.1) is 28.6 Å². The molecule has 3 heteroatoms. The Kier molecular flexibility index (Phi) is 9.83. The summed E-state index contributed by atoms with van der Waals surface area (Å²) in [6.45, 7) is 18.2. The van der Waals surface area contributed by atoms with E-state index in [0.29, 0.717) is 12.3 Å². The van der Waals surface area contributed by atoms with Crippen molar-refractivity contribution in [3.63, 3.8) is 0 Å². The highest BCUT2D eigenvalue weighted by Crippen LogP contribution is 2.38. The number of unbranched alkanes of at least 4 members (excludes halogenated alkanes) is 1. The van der Waals surface area contributed by atoms with Gasteiger partial charge in [0.25, 0.3) is 0 Å². The quantitative estimate of drug-likeness (QED) is 0.285. The highest BCUT2D eigenvalue weighted by atomic mass is 35.5. The number of aliphatic hydroxyl groups is 1. The Morgan fingerprint density at radius 1 is 1.17 bits per heavy atom. The monoisotopic (exact) mass is 358 g/mol. The molecule has 1 N–H and O–H groups in total. The largest absolute Gasteiger partial charge is 0.392 e. The van der Waals surface area contributed by atoms with Crippen LogP contribution in [-0.2, 0) is 4.79 Å². The number of carbonyl (C=O) groups excluding carboxylic acids is 1. The van der Waals surface area contributed by atoms with Crippen LogP contribution < -0.4 is 0 Å². The first-order valence-electron chi connectivity index (χ1n) is 9.29. The van der Waals surface area contributed by atoms with E-state index >= 15 is 0 Å². The molecule has 24 heavy (non-hydrogen) atoms. The van der Waals surface area contributed by atoms with Gasteiger partial charge in [0.2, 0.25) is 0 Å². The second-order valence-corrected chi connectivity index (χ2v) is 9.49. The van der Waals surface area contributed by atoms with E-state index in [2.05, 4.69) is 41.2 Å². The lowest BCUT2D eigenvalue weighted by atomic mass is 9.67. The maximum absolute atomic E-state index is 13.3. The zero-order valence-electron chi connectivity index (χ0n) is 16.9. The second-order valence-electron chi connectivity index (χ2n) is 9.11. The van der Waals surface area contributed by atoms with Gasteiger partial charge in [-0.1, -0.05) is 61.0 Å². The molecular formula is C21H39ClO2. The molecule has 0 radical (unpaired) electrons. The van der Waals surface area contributed by atoms with Crippen LogP contribution in [0.1, 0.15) is 74.1 Å². The fourth-order valence-corrected chi connectivity index (χ4v) is 3.34. The summed E-state index contributed by atoms with van der Waals surface area (Å²) in [6.07, 6.45) is 4.60. The van der Waals surface area contributed by atoms with E-state index in [1.807, 2.05) is 19.9 Å². The topological polar surface area (TPSA) is 37.3 Å². The molecule has 0 bridgehead atoms. The zero-order chi connectivity index (χ0) is 19.1. The Bertz CT molecular complexity index is 395. The smallest absolute Gasteiger partial charge is 0.144 e. The maximum Gasteiger partial charge on any atom is 0.144 e. The molecule has 0 unspecified atom stereocenters. The standard InChI is InChI=1S/C21H39ClO2/c1-9-15(2)16(3)17(12-10-11-13-22)19(24)21(7,8)18(23)14-20(4,5)6/h9,15-18,23H,1,10-14H2,2-8H3/t15-,16-,17+,18-/m0/s1. The Morgan fingerprint density at radius 2 is 1.71 bits per heavy atom. The minimum Gasteiger partial charge on any atom is -0.392 e. The van der Waals surface area contributed by atoms with E-state index in [4.69, 9.17) is 11.6 Å². The van der Waals surface area contributed by atoms with Crippen LogP contribution in [0.5, 0.6) is 0 Å². The van der Waals surface area contributed by atoms with Gasteiger partial charge in [-0.25, -0.2) is 0 Å². The van der Waals surface area contributed by atoms with Gasteiger partial charge in [0.1, 0.15) is 5.78 Å². The zero-order valence-corrected chi connectivity index (χ0v) is 17.6. The summed E-state index contributed by atoms with van der Waals surface area (Å²) in [5.41, 5.74) is -0.751. The molecule has 0 aromatic rings. The molecule has 0 aliphatic heterocycles. The van der Waals surface area contributed by atoms with Crippen molar-refractivity contribution in [2.75, 3.05) is 5.88 Å². The van der Waals surface area contributed by atoms with Gasteiger partial charge in [-0.2, -0.15) is 0 Å². The number of allylic oxidation sites excluding steroid dienone is 1. The van der Waals surface area contributed by atoms with Crippen LogP contribution in [0.4, 0.5) is 0 Å². The summed E-state index contributed by atoms with van der Waals surface area (Å²) < 4.78 is 0. The van der Waals surface area contributed by atoms with Gasteiger partial charge in [0.15, 0.2) is 0 Å². The number of aliphatic hydroxyl groups excluding tert-OH is 1. The van der Waals surface area contributed by atoms with Crippen molar-refractivity contribution >= 4 is 17.4 Å². The Morgan fingerprint density at radius 3 is 2.12 bits per heavy atom. The van der Waals surface area contributed by atoms with Crippen LogP contribution >= 0.6 is 11.6 Å². The Hall–Kier alpha value is -0.340.